The highest BCUT2D eigenvalue weighted by Gasteiger charge is 2.25. The molecule has 1 aromatic heterocycles. The molecule has 1 amide bonds. The summed E-state index contributed by atoms with van der Waals surface area (Å²) in [7, 11) is 0. The maximum atomic E-state index is 12.4. The molecule has 24 heavy (non-hydrogen) atoms. The Bertz CT molecular complexity index is 660. The summed E-state index contributed by atoms with van der Waals surface area (Å²) in [6.45, 7) is 3.25. The lowest BCUT2D eigenvalue weighted by molar-refractivity contribution is -0.126. The number of pyridine rings is 1. The quantitative estimate of drug-likeness (QED) is 0.906. The molecule has 0 bridgehead atoms. The van der Waals surface area contributed by atoms with E-state index in [2.05, 4.69) is 27.3 Å². The van der Waals surface area contributed by atoms with Crippen LogP contribution in [-0.2, 0) is 17.9 Å². The van der Waals surface area contributed by atoms with Crippen LogP contribution in [-0.4, -0.2) is 28.9 Å². The number of halogens is 1. The first-order valence-electron chi connectivity index (χ1n) is 8.34. The van der Waals surface area contributed by atoms with Crippen molar-refractivity contribution in [2.75, 3.05) is 13.1 Å². The van der Waals surface area contributed by atoms with Crippen molar-refractivity contribution < 1.29 is 4.79 Å². The summed E-state index contributed by atoms with van der Waals surface area (Å²) >= 11 is 5.93. The van der Waals surface area contributed by atoms with E-state index in [0.717, 1.165) is 43.1 Å². The summed E-state index contributed by atoms with van der Waals surface area (Å²) in [4.78, 5) is 18.9. The minimum atomic E-state index is 0.0581. The van der Waals surface area contributed by atoms with Crippen LogP contribution in [0.5, 0.6) is 0 Å². The maximum Gasteiger partial charge on any atom is 0.224 e. The van der Waals surface area contributed by atoms with Gasteiger partial charge in [0.05, 0.1) is 5.92 Å². The average Bonchev–Trinajstić information content (AvgIpc) is 2.63. The Balaban J connectivity index is 1.51. The van der Waals surface area contributed by atoms with Gasteiger partial charge in [0.25, 0.3) is 0 Å². The minimum absolute atomic E-state index is 0.0581. The molecule has 0 saturated carbocycles. The largest absolute Gasteiger partial charge is 0.352 e. The topological polar surface area (TPSA) is 45.2 Å². The molecule has 1 fully saturated rings. The molecule has 2 heterocycles. The van der Waals surface area contributed by atoms with Crippen molar-refractivity contribution in [2.24, 2.45) is 5.92 Å². The Kier molecular flexibility index (Phi) is 5.83. The van der Waals surface area contributed by atoms with Crippen LogP contribution in [0.15, 0.2) is 48.8 Å². The zero-order chi connectivity index (χ0) is 16.8. The van der Waals surface area contributed by atoms with Crippen LogP contribution in [0.25, 0.3) is 0 Å². The Labute approximate surface area is 147 Å². The second-order valence-electron chi connectivity index (χ2n) is 6.28. The standard InChI is InChI=1S/C19H22ClN3O/c20-18-7-5-15(6-8-18)13-23-10-2-4-17(14-23)19(24)22-12-16-3-1-9-21-11-16/h1,3,5-9,11,17H,2,4,10,12-14H2,(H,22,24)/t17-/m0/s1. The molecule has 2 aromatic rings. The van der Waals surface area contributed by atoms with Gasteiger partial charge >= 0.3 is 0 Å². The van der Waals surface area contributed by atoms with E-state index < -0.39 is 0 Å². The van der Waals surface area contributed by atoms with Gasteiger partial charge in [-0.25, -0.2) is 0 Å². The molecule has 1 aromatic carbocycles. The van der Waals surface area contributed by atoms with E-state index in [1.165, 1.54) is 5.56 Å². The zero-order valence-corrected chi connectivity index (χ0v) is 14.4. The summed E-state index contributed by atoms with van der Waals surface area (Å²) in [5.74, 6) is 0.197. The van der Waals surface area contributed by atoms with Crippen molar-refractivity contribution in [3.8, 4) is 0 Å². The monoisotopic (exact) mass is 343 g/mol. The molecular formula is C19H22ClN3O. The molecule has 0 radical (unpaired) electrons. The van der Waals surface area contributed by atoms with Crippen molar-refractivity contribution >= 4 is 17.5 Å². The fourth-order valence-electron chi connectivity index (χ4n) is 3.10. The second-order valence-corrected chi connectivity index (χ2v) is 6.72. The Morgan fingerprint density at radius 3 is 2.83 bits per heavy atom. The van der Waals surface area contributed by atoms with Crippen LogP contribution in [0.3, 0.4) is 0 Å². The number of aromatic nitrogens is 1. The molecule has 1 saturated heterocycles. The van der Waals surface area contributed by atoms with Crippen LogP contribution in [0.4, 0.5) is 0 Å². The number of nitrogens with zero attached hydrogens (tertiary/aromatic N) is 2. The maximum absolute atomic E-state index is 12.4. The van der Waals surface area contributed by atoms with E-state index in [1.54, 1.807) is 12.4 Å². The molecule has 1 aliphatic rings. The predicted molar refractivity (Wildman–Crippen MR) is 95.5 cm³/mol. The number of nitrogens with one attached hydrogen (secondary N) is 1. The fourth-order valence-corrected chi connectivity index (χ4v) is 3.22. The van der Waals surface area contributed by atoms with E-state index >= 15 is 0 Å². The number of carbonyl (C=O) groups is 1. The normalized spacial score (nSPS) is 18.3. The summed E-state index contributed by atoms with van der Waals surface area (Å²) in [6.07, 6.45) is 5.53. The molecule has 1 N–H and O–H groups in total. The van der Waals surface area contributed by atoms with Crippen LogP contribution in [0, 0.1) is 5.92 Å². The van der Waals surface area contributed by atoms with Gasteiger partial charge in [0, 0.05) is 37.1 Å². The molecule has 5 heteroatoms. The summed E-state index contributed by atoms with van der Waals surface area (Å²) < 4.78 is 0. The second kappa shape index (κ2) is 8.27. The fraction of sp³-hybridized carbons (Fsp3) is 0.368. The third-order valence-corrected chi connectivity index (χ3v) is 4.64. The zero-order valence-electron chi connectivity index (χ0n) is 13.6. The molecule has 0 spiro atoms. The van der Waals surface area contributed by atoms with Crippen molar-refractivity contribution in [2.45, 2.75) is 25.9 Å². The predicted octanol–water partition coefficient (Wildman–Crippen LogP) is 3.26. The van der Waals surface area contributed by atoms with Gasteiger partial charge in [-0.2, -0.15) is 0 Å². The van der Waals surface area contributed by atoms with Gasteiger partial charge in [-0.15, -0.1) is 0 Å². The van der Waals surface area contributed by atoms with E-state index in [1.807, 2.05) is 24.3 Å². The first-order chi connectivity index (χ1) is 11.7. The van der Waals surface area contributed by atoms with E-state index in [4.69, 9.17) is 11.6 Å². The molecule has 4 nitrogen and oxygen atoms in total. The molecular weight excluding hydrogens is 322 g/mol. The van der Waals surface area contributed by atoms with E-state index in [0.29, 0.717) is 6.54 Å². The lowest BCUT2D eigenvalue weighted by atomic mass is 9.96. The smallest absolute Gasteiger partial charge is 0.224 e. The van der Waals surface area contributed by atoms with Crippen molar-refractivity contribution in [1.29, 1.82) is 0 Å². The molecule has 126 valence electrons. The van der Waals surface area contributed by atoms with Crippen LogP contribution >= 0.6 is 11.6 Å². The van der Waals surface area contributed by atoms with Crippen molar-refractivity contribution in [3.05, 3.63) is 64.9 Å². The third-order valence-electron chi connectivity index (χ3n) is 4.39. The number of hydrogen-bond donors (Lipinski definition) is 1. The summed E-state index contributed by atoms with van der Waals surface area (Å²) in [6, 6.07) is 11.8. The number of likely N-dealkylation sites (tertiary alicyclic amines) is 1. The summed E-state index contributed by atoms with van der Waals surface area (Å²) in [5.41, 5.74) is 2.26. The van der Waals surface area contributed by atoms with Crippen LogP contribution in [0.1, 0.15) is 24.0 Å². The third kappa shape index (κ3) is 4.79. The van der Waals surface area contributed by atoms with Crippen LogP contribution in [0.2, 0.25) is 5.02 Å². The average molecular weight is 344 g/mol. The van der Waals surface area contributed by atoms with Gasteiger partial charge in [0.2, 0.25) is 5.91 Å². The van der Waals surface area contributed by atoms with E-state index in [-0.39, 0.29) is 11.8 Å². The Morgan fingerprint density at radius 1 is 1.25 bits per heavy atom. The molecule has 0 unspecified atom stereocenters. The highest BCUT2D eigenvalue weighted by Crippen LogP contribution is 2.19. The number of carbonyl (C=O) groups excluding carboxylic acids is 1. The van der Waals surface area contributed by atoms with Gasteiger partial charge in [0.1, 0.15) is 0 Å². The Hall–Kier alpha value is -1.91. The highest BCUT2D eigenvalue weighted by atomic mass is 35.5. The molecule has 1 atom stereocenters. The first-order valence-corrected chi connectivity index (χ1v) is 8.72. The molecule has 3 rings (SSSR count). The van der Waals surface area contributed by atoms with Gasteiger partial charge in [-0.1, -0.05) is 29.8 Å². The van der Waals surface area contributed by atoms with Gasteiger partial charge in [-0.05, 0) is 48.7 Å². The SMILES string of the molecule is O=C(NCc1cccnc1)[C@H]1CCCN(Cc2ccc(Cl)cc2)C1. The van der Waals surface area contributed by atoms with Crippen molar-refractivity contribution in [1.82, 2.24) is 15.2 Å². The van der Waals surface area contributed by atoms with Crippen LogP contribution < -0.4 is 5.32 Å². The number of hydrogen-bond acceptors (Lipinski definition) is 3. The first kappa shape index (κ1) is 16.9. The Morgan fingerprint density at radius 2 is 2.08 bits per heavy atom. The van der Waals surface area contributed by atoms with E-state index in [9.17, 15) is 4.79 Å². The number of rotatable bonds is 5. The molecule has 0 aliphatic carbocycles. The van der Waals surface area contributed by atoms with Crippen molar-refractivity contribution in [3.63, 3.8) is 0 Å². The number of amides is 1. The lowest BCUT2D eigenvalue weighted by Gasteiger charge is -2.32. The summed E-state index contributed by atoms with van der Waals surface area (Å²) in [5, 5.41) is 3.79. The minimum Gasteiger partial charge on any atom is -0.352 e. The number of piperidine rings is 1. The van der Waals surface area contributed by atoms with Gasteiger partial charge < -0.3 is 5.32 Å². The highest BCUT2D eigenvalue weighted by molar-refractivity contribution is 6.30. The molecule has 1 aliphatic heterocycles. The van der Waals surface area contributed by atoms with Gasteiger partial charge in [0.15, 0.2) is 0 Å². The van der Waals surface area contributed by atoms with Gasteiger partial charge in [-0.3, -0.25) is 14.7 Å². The number of benzene rings is 1. The lowest BCUT2D eigenvalue weighted by Crippen LogP contribution is -2.42.